The van der Waals surface area contributed by atoms with Gasteiger partial charge in [0.25, 0.3) is 0 Å². The molecule has 3 heteroatoms. The summed E-state index contributed by atoms with van der Waals surface area (Å²) in [7, 11) is 3.84. The highest BCUT2D eigenvalue weighted by Gasteiger charge is 1.93. The summed E-state index contributed by atoms with van der Waals surface area (Å²) < 4.78 is 2.12. The predicted molar refractivity (Wildman–Crippen MR) is 40.9 cm³/mol. The molecule has 0 heterocycles. The van der Waals surface area contributed by atoms with Crippen molar-refractivity contribution < 1.29 is 0 Å². The molecular weight excluding hydrogens is 119 g/mol. The van der Waals surface area contributed by atoms with Crippen LogP contribution in [-0.4, -0.2) is 38.4 Å². The summed E-state index contributed by atoms with van der Waals surface area (Å²) in [5, 5.41) is 0. The van der Waals surface area contributed by atoms with Crippen LogP contribution in [0.4, 0.5) is 0 Å². The fourth-order valence-electron chi connectivity index (χ4n) is 0.270. The van der Waals surface area contributed by atoms with Crippen molar-refractivity contribution in [2.45, 2.75) is 0 Å². The maximum atomic E-state index is 3.87. The second-order valence-corrected chi connectivity index (χ2v) is 4.12. The van der Waals surface area contributed by atoms with Crippen LogP contribution in [0.25, 0.3) is 0 Å². The van der Waals surface area contributed by atoms with E-state index in [9.17, 15) is 0 Å². The summed E-state index contributed by atoms with van der Waals surface area (Å²) in [5.41, 5.74) is 0. The molecule has 0 bridgehead atoms. The van der Waals surface area contributed by atoms with Gasteiger partial charge >= 0.3 is 0 Å². The van der Waals surface area contributed by atoms with E-state index in [0.29, 0.717) is 0 Å². The molecule has 0 aromatic heterocycles. The monoisotopic (exact) mass is 132 g/mol. The highest BCUT2D eigenvalue weighted by Crippen LogP contribution is 2.26. The van der Waals surface area contributed by atoms with Gasteiger partial charge in [-0.05, 0) is 21.4 Å². The SMILES string of the molecule is C/N=C/N(C)P(C)C. The molecular formula is C5H13N2P. The second kappa shape index (κ2) is 3.85. The Labute approximate surface area is 52.4 Å². The van der Waals surface area contributed by atoms with Crippen molar-refractivity contribution in [3.63, 3.8) is 0 Å². The fourth-order valence-corrected chi connectivity index (χ4v) is 0.580. The van der Waals surface area contributed by atoms with Gasteiger partial charge in [0, 0.05) is 14.1 Å². The minimum Gasteiger partial charge on any atom is -0.346 e. The topological polar surface area (TPSA) is 15.6 Å². The van der Waals surface area contributed by atoms with E-state index in [1.807, 2.05) is 13.4 Å². The molecule has 0 amide bonds. The summed E-state index contributed by atoms with van der Waals surface area (Å²) >= 11 is 0. The smallest absolute Gasteiger partial charge is 0.0876 e. The molecule has 0 saturated heterocycles. The van der Waals surface area contributed by atoms with E-state index in [0.717, 1.165) is 0 Å². The molecule has 0 spiro atoms. The van der Waals surface area contributed by atoms with Crippen LogP contribution in [0.3, 0.4) is 0 Å². The maximum Gasteiger partial charge on any atom is 0.0876 e. The third-order valence-corrected chi connectivity index (χ3v) is 2.28. The van der Waals surface area contributed by atoms with Crippen molar-refractivity contribution in [1.82, 2.24) is 4.67 Å². The molecule has 2 nitrogen and oxygen atoms in total. The van der Waals surface area contributed by atoms with Gasteiger partial charge in [-0.2, -0.15) is 0 Å². The van der Waals surface area contributed by atoms with Crippen LogP contribution in [-0.2, 0) is 0 Å². The Kier molecular flexibility index (Phi) is 3.80. The quantitative estimate of drug-likeness (QED) is 0.313. The van der Waals surface area contributed by atoms with E-state index in [1.54, 1.807) is 7.05 Å². The van der Waals surface area contributed by atoms with Gasteiger partial charge in [-0.1, -0.05) is 0 Å². The Morgan fingerprint density at radius 3 is 2.12 bits per heavy atom. The zero-order valence-electron chi connectivity index (χ0n) is 5.92. The van der Waals surface area contributed by atoms with Gasteiger partial charge in [0.15, 0.2) is 0 Å². The van der Waals surface area contributed by atoms with Gasteiger partial charge in [-0.25, -0.2) is 0 Å². The van der Waals surface area contributed by atoms with Crippen LogP contribution in [0.1, 0.15) is 0 Å². The first-order chi connectivity index (χ1) is 3.68. The van der Waals surface area contributed by atoms with Crippen molar-refractivity contribution in [3.8, 4) is 0 Å². The summed E-state index contributed by atoms with van der Waals surface area (Å²) in [5.74, 6) is 0. The van der Waals surface area contributed by atoms with Crippen LogP contribution in [0.5, 0.6) is 0 Å². The lowest BCUT2D eigenvalue weighted by molar-refractivity contribution is 0.846. The van der Waals surface area contributed by atoms with Crippen molar-refractivity contribution in [2.24, 2.45) is 4.99 Å². The largest absolute Gasteiger partial charge is 0.346 e. The summed E-state index contributed by atoms with van der Waals surface area (Å²) in [6.45, 7) is 4.38. The Morgan fingerprint density at radius 2 is 2.00 bits per heavy atom. The van der Waals surface area contributed by atoms with Gasteiger partial charge in [-0.3, -0.25) is 4.99 Å². The van der Waals surface area contributed by atoms with E-state index in [-0.39, 0.29) is 8.07 Å². The average Bonchev–Trinajstić information content (AvgIpc) is 1.67. The third-order valence-electron chi connectivity index (χ3n) is 0.914. The van der Waals surface area contributed by atoms with E-state index in [1.165, 1.54) is 0 Å². The molecule has 0 aliphatic carbocycles. The molecule has 0 aliphatic rings. The van der Waals surface area contributed by atoms with E-state index in [4.69, 9.17) is 0 Å². The molecule has 0 atom stereocenters. The molecule has 0 fully saturated rings. The molecule has 0 aromatic rings. The first-order valence-corrected chi connectivity index (χ1v) is 4.69. The lowest BCUT2D eigenvalue weighted by Crippen LogP contribution is -2.06. The summed E-state index contributed by atoms with van der Waals surface area (Å²) in [6.07, 6.45) is 1.85. The van der Waals surface area contributed by atoms with Gasteiger partial charge < -0.3 is 4.67 Å². The number of rotatable bonds is 2. The van der Waals surface area contributed by atoms with E-state index < -0.39 is 0 Å². The highest BCUT2D eigenvalue weighted by atomic mass is 31.1. The van der Waals surface area contributed by atoms with E-state index >= 15 is 0 Å². The lowest BCUT2D eigenvalue weighted by Gasteiger charge is -2.16. The number of nitrogens with zero attached hydrogens (tertiary/aromatic N) is 2. The van der Waals surface area contributed by atoms with Gasteiger partial charge in [0.2, 0.25) is 0 Å². The zero-order chi connectivity index (χ0) is 6.57. The van der Waals surface area contributed by atoms with Gasteiger partial charge in [0.05, 0.1) is 6.34 Å². The van der Waals surface area contributed by atoms with Crippen LogP contribution in [0.2, 0.25) is 0 Å². The molecule has 0 aliphatic heterocycles. The molecule has 0 unspecified atom stereocenters. The second-order valence-electron chi connectivity index (χ2n) is 1.79. The fraction of sp³-hybridized carbons (Fsp3) is 0.800. The maximum absolute atomic E-state index is 3.87. The Balaban J connectivity index is 3.47. The average molecular weight is 132 g/mol. The van der Waals surface area contributed by atoms with Crippen LogP contribution >= 0.6 is 8.07 Å². The number of hydrogen-bond acceptors (Lipinski definition) is 1. The Hall–Kier alpha value is -0.100. The van der Waals surface area contributed by atoms with Crippen molar-refractivity contribution >= 4 is 14.4 Å². The lowest BCUT2D eigenvalue weighted by atomic mass is 11.1. The van der Waals surface area contributed by atoms with Crippen molar-refractivity contribution in [1.29, 1.82) is 0 Å². The predicted octanol–water partition coefficient (Wildman–Crippen LogP) is 1.23. The molecule has 0 rings (SSSR count). The number of hydrogen-bond donors (Lipinski definition) is 0. The van der Waals surface area contributed by atoms with Crippen molar-refractivity contribution in [3.05, 3.63) is 0 Å². The molecule has 0 N–H and O–H groups in total. The molecule has 0 radical (unpaired) electrons. The van der Waals surface area contributed by atoms with Crippen LogP contribution < -0.4 is 0 Å². The normalized spacial score (nSPS) is 11.1. The minimum atomic E-state index is 0.0165. The minimum absolute atomic E-state index is 0.0165. The molecule has 0 aromatic carbocycles. The Bertz CT molecular complexity index is 80.5. The molecule has 48 valence electrons. The summed E-state index contributed by atoms with van der Waals surface area (Å²) in [6, 6.07) is 0. The third kappa shape index (κ3) is 2.98. The van der Waals surface area contributed by atoms with Crippen LogP contribution in [0, 0.1) is 0 Å². The zero-order valence-corrected chi connectivity index (χ0v) is 6.81. The van der Waals surface area contributed by atoms with Gasteiger partial charge in [0.1, 0.15) is 0 Å². The van der Waals surface area contributed by atoms with Gasteiger partial charge in [-0.15, -0.1) is 0 Å². The van der Waals surface area contributed by atoms with E-state index in [2.05, 4.69) is 23.0 Å². The summed E-state index contributed by atoms with van der Waals surface area (Å²) in [4.78, 5) is 3.87. The van der Waals surface area contributed by atoms with Crippen LogP contribution in [0.15, 0.2) is 4.99 Å². The highest BCUT2D eigenvalue weighted by molar-refractivity contribution is 7.54. The molecule has 0 saturated carbocycles. The number of aliphatic imine (C=N–C) groups is 1. The van der Waals surface area contributed by atoms with Crippen molar-refractivity contribution in [2.75, 3.05) is 27.4 Å². The first kappa shape index (κ1) is 7.90. The first-order valence-electron chi connectivity index (χ1n) is 2.51. The Morgan fingerprint density at radius 1 is 1.50 bits per heavy atom. The molecule has 8 heavy (non-hydrogen) atoms. The standard InChI is InChI=1S/C5H13N2P/c1-6-5-7(2)8(3)4/h5H,1-4H3/b6-5+.